The molecule has 0 spiro atoms. The molecule has 3 aromatic rings. The van der Waals surface area contributed by atoms with Gasteiger partial charge in [0, 0.05) is 35.8 Å². The Morgan fingerprint density at radius 2 is 1.97 bits per heavy atom. The Labute approximate surface area is 168 Å². The minimum absolute atomic E-state index is 0.0355. The maximum absolute atomic E-state index is 12.4. The van der Waals surface area contributed by atoms with Crippen molar-refractivity contribution in [3.8, 4) is 11.4 Å². The number of aromatic nitrogens is 2. The Balaban J connectivity index is 1.52. The van der Waals surface area contributed by atoms with E-state index in [9.17, 15) is 9.59 Å². The highest BCUT2D eigenvalue weighted by Gasteiger charge is 2.35. The number of amides is 2. The summed E-state index contributed by atoms with van der Waals surface area (Å²) >= 11 is 0. The molecular weight excluding hydrogens is 368 g/mol. The molecule has 7 nitrogen and oxygen atoms in total. The van der Waals surface area contributed by atoms with E-state index in [4.69, 9.17) is 4.52 Å². The molecule has 1 atom stereocenters. The average molecular weight is 390 g/mol. The normalized spacial score (nSPS) is 16.4. The van der Waals surface area contributed by atoms with Gasteiger partial charge in [-0.2, -0.15) is 4.98 Å². The van der Waals surface area contributed by atoms with Gasteiger partial charge in [-0.15, -0.1) is 0 Å². The van der Waals surface area contributed by atoms with Crippen LogP contribution in [0.2, 0.25) is 0 Å². The molecule has 1 aliphatic rings. The molecule has 1 N–H and O–H groups in total. The zero-order valence-corrected chi connectivity index (χ0v) is 16.3. The first kappa shape index (κ1) is 18.9. The van der Waals surface area contributed by atoms with Gasteiger partial charge in [-0.05, 0) is 38.1 Å². The lowest BCUT2D eigenvalue weighted by Gasteiger charge is -2.15. The van der Waals surface area contributed by atoms with Crippen molar-refractivity contribution < 1.29 is 14.1 Å². The smallest absolute Gasteiger partial charge is 0.251 e. The van der Waals surface area contributed by atoms with Crippen LogP contribution < -0.4 is 10.2 Å². The first-order valence-corrected chi connectivity index (χ1v) is 9.61. The number of rotatable bonds is 5. The van der Waals surface area contributed by atoms with Gasteiger partial charge >= 0.3 is 0 Å². The van der Waals surface area contributed by atoms with Gasteiger partial charge in [0.25, 0.3) is 5.91 Å². The van der Waals surface area contributed by atoms with E-state index in [-0.39, 0.29) is 23.8 Å². The van der Waals surface area contributed by atoms with Crippen molar-refractivity contribution in [3.05, 3.63) is 66.1 Å². The fourth-order valence-corrected chi connectivity index (χ4v) is 3.39. The summed E-state index contributed by atoms with van der Waals surface area (Å²) < 4.78 is 5.46. The summed E-state index contributed by atoms with van der Waals surface area (Å²) in [5.41, 5.74) is 2.10. The molecule has 1 aliphatic heterocycles. The minimum Gasteiger partial charge on any atom is -0.350 e. The zero-order chi connectivity index (χ0) is 20.4. The summed E-state index contributed by atoms with van der Waals surface area (Å²) in [7, 11) is 0. The second-order valence-corrected chi connectivity index (χ2v) is 7.41. The van der Waals surface area contributed by atoms with Gasteiger partial charge in [0.05, 0.1) is 5.92 Å². The van der Waals surface area contributed by atoms with Crippen LogP contribution in [0.1, 0.15) is 42.4 Å². The molecule has 0 radical (unpaired) electrons. The highest BCUT2D eigenvalue weighted by Crippen LogP contribution is 2.31. The standard InChI is InChI=1S/C22H22N4O3/c1-14(2)23-21(28)16-8-6-7-15(11-16)20-24-22(29-25-20)17-12-19(27)26(13-17)18-9-4-3-5-10-18/h3-11,14,17H,12-13H2,1-2H3,(H,23,28)/t17-/m1/s1. The van der Waals surface area contributed by atoms with Crippen LogP contribution in [0.25, 0.3) is 11.4 Å². The maximum Gasteiger partial charge on any atom is 0.251 e. The second kappa shape index (κ2) is 7.87. The number of hydrogen-bond acceptors (Lipinski definition) is 5. The third-order valence-corrected chi connectivity index (χ3v) is 4.79. The molecule has 2 aromatic carbocycles. The quantitative estimate of drug-likeness (QED) is 0.721. The molecule has 1 fully saturated rings. The molecular formula is C22H22N4O3. The number of nitrogens with one attached hydrogen (secondary N) is 1. The topological polar surface area (TPSA) is 88.3 Å². The molecule has 1 aromatic heterocycles. The van der Waals surface area contributed by atoms with Crippen LogP contribution in [0, 0.1) is 0 Å². The number of anilines is 1. The minimum atomic E-state index is -0.156. The third kappa shape index (κ3) is 4.03. The maximum atomic E-state index is 12.4. The van der Waals surface area contributed by atoms with Crippen molar-refractivity contribution >= 4 is 17.5 Å². The van der Waals surface area contributed by atoms with Gasteiger partial charge in [0.1, 0.15) is 0 Å². The number of carbonyl (C=O) groups is 2. The number of hydrogen-bond donors (Lipinski definition) is 1. The predicted octanol–water partition coefficient (Wildman–Crippen LogP) is 3.40. The molecule has 0 saturated carbocycles. The molecule has 0 aliphatic carbocycles. The number of carbonyl (C=O) groups excluding carboxylic acids is 2. The molecule has 0 bridgehead atoms. The lowest BCUT2D eigenvalue weighted by molar-refractivity contribution is -0.117. The number of nitrogens with zero attached hydrogens (tertiary/aromatic N) is 3. The second-order valence-electron chi connectivity index (χ2n) is 7.41. The number of para-hydroxylation sites is 1. The lowest BCUT2D eigenvalue weighted by Crippen LogP contribution is -2.30. The Bertz CT molecular complexity index is 1030. The van der Waals surface area contributed by atoms with Gasteiger partial charge in [-0.3, -0.25) is 9.59 Å². The van der Waals surface area contributed by atoms with Crippen LogP contribution in [0.4, 0.5) is 5.69 Å². The van der Waals surface area contributed by atoms with Gasteiger partial charge < -0.3 is 14.7 Å². The van der Waals surface area contributed by atoms with Crippen molar-refractivity contribution in [1.82, 2.24) is 15.5 Å². The summed E-state index contributed by atoms with van der Waals surface area (Å²) in [5, 5.41) is 6.93. The summed E-state index contributed by atoms with van der Waals surface area (Å²) in [5.74, 6) is 0.573. The SMILES string of the molecule is CC(C)NC(=O)c1cccc(-c2noc([C@@H]3CC(=O)N(c4ccccc4)C3)n2)c1. The van der Waals surface area contributed by atoms with Crippen LogP contribution in [0.5, 0.6) is 0 Å². The lowest BCUT2D eigenvalue weighted by atomic mass is 10.1. The Morgan fingerprint density at radius 1 is 1.17 bits per heavy atom. The molecule has 1 saturated heterocycles. The van der Waals surface area contributed by atoms with E-state index < -0.39 is 0 Å². The largest absolute Gasteiger partial charge is 0.350 e. The summed E-state index contributed by atoms with van der Waals surface area (Å²) in [4.78, 5) is 30.9. The van der Waals surface area contributed by atoms with Crippen molar-refractivity contribution in [2.75, 3.05) is 11.4 Å². The summed E-state index contributed by atoms with van der Waals surface area (Å²) in [6.07, 6.45) is 0.327. The van der Waals surface area contributed by atoms with Crippen molar-refractivity contribution in [1.29, 1.82) is 0 Å². The molecule has 148 valence electrons. The van der Waals surface area contributed by atoms with Gasteiger partial charge in [-0.25, -0.2) is 0 Å². The van der Waals surface area contributed by atoms with Crippen molar-refractivity contribution in [3.63, 3.8) is 0 Å². The third-order valence-electron chi connectivity index (χ3n) is 4.79. The van der Waals surface area contributed by atoms with Gasteiger partial charge in [-0.1, -0.05) is 35.5 Å². The monoisotopic (exact) mass is 390 g/mol. The average Bonchev–Trinajstić information content (AvgIpc) is 3.35. The van der Waals surface area contributed by atoms with E-state index in [0.29, 0.717) is 35.8 Å². The fourth-order valence-electron chi connectivity index (χ4n) is 3.39. The van der Waals surface area contributed by atoms with Crippen LogP contribution >= 0.6 is 0 Å². The van der Waals surface area contributed by atoms with Crippen LogP contribution in [-0.2, 0) is 4.79 Å². The zero-order valence-electron chi connectivity index (χ0n) is 16.3. The molecule has 2 heterocycles. The van der Waals surface area contributed by atoms with E-state index in [2.05, 4.69) is 15.5 Å². The highest BCUT2D eigenvalue weighted by molar-refractivity contribution is 5.96. The summed E-state index contributed by atoms with van der Waals surface area (Å²) in [6, 6.07) is 16.7. The van der Waals surface area contributed by atoms with Crippen LogP contribution in [0.3, 0.4) is 0 Å². The molecule has 0 unspecified atom stereocenters. The molecule has 2 amide bonds. The van der Waals surface area contributed by atoms with E-state index >= 15 is 0 Å². The molecule has 29 heavy (non-hydrogen) atoms. The van der Waals surface area contributed by atoms with E-state index in [1.807, 2.05) is 50.2 Å². The van der Waals surface area contributed by atoms with Gasteiger partial charge in [0.15, 0.2) is 0 Å². The first-order valence-electron chi connectivity index (χ1n) is 9.61. The Kier molecular flexibility index (Phi) is 5.12. The highest BCUT2D eigenvalue weighted by atomic mass is 16.5. The van der Waals surface area contributed by atoms with Crippen LogP contribution in [0.15, 0.2) is 59.1 Å². The van der Waals surface area contributed by atoms with Crippen molar-refractivity contribution in [2.45, 2.75) is 32.2 Å². The van der Waals surface area contributed by atoms with Gasteiger partial charge in [0.2, 0.25) is 17.6 Å². The van der Waals surface area contributed by atoms with Crippen LogP contribution in [-0.4, -0.2) is 34.5 Å². The summed E-state index contributed by atoms with van der Waals surface area (Å²) in [6.45, 7) is 4.32. The van der Waals surface area contributed by atoms with E-state index in [0.717, 1.165) is 5.69 Å². The van der Waals surface area contributed by atoms with Crippen molar-refractivity contribution in [2.24, 2.45) is 0 Å². The van der Waals surface area contributed by atoms with E-state index in [1.165, 1.54) is 0 Å². The first-order chi connectivity index (χ1) is 14.0. The molecule has 4 rings (SSSR count). The fraction of sp³-hybridized carbons (Fsp3) is 0.273. The molecule has 7 heteroatoms. The Morgan fingerprint density at radius 3 is 2.72 bits per heavy atom. The Hall–Kier alpha value is -3.48. The predicted molar refractivity (Wildman–Crippen MR) is 108 cm³/mol. The van der Waals surface area contributed by atoms with E-state index in [1.54, 1.807) is 23.1 Å². The number of benzene rings is 2.